The third-order valence-electron chi connectivity index (χ3n) is 5.56. The number of carbonyl (C=O) groups excluding carboxylic acids is 1. The third-order valence-corrected chi connectivity index (χ3v) is 7.47. The normalized spacial score (nSPS) is 15.0. The van der Waals surface area contributed by atoms with E-state index in [-0.39, 0.29) is 17.5 Å². The van der Waals surface area contributed by atoms with Crippen molar-refractivity contribution in [2.45, 2.75) is 50.0 Å². The number of ether oxygens (including phenoxy) is 1. The molecule has 0 saturated heterocycles. The second-order valence-electron chi connectivity index (χ2n) is 8.12. The lowest BCUT2D eigenvalue weighted by Crippen LogP contribution is -2.46. The molecule has 0 aromatic heterocycles. The fourth-order valence-electron chi connectivity index (χ4n) is 3.79. The SMILES string of the molecule is C=CCOc1ccc(C=NNC(=O)CN(C2CCCCC2)S(=O)(=O)c2ccc(C)cc2)cc1. The van der Waals surface area contributed by atoms with Crippen LogP contribution in [0.5, 0.6) is 5.75 Å². The number of amides is 1. The number of rotatable bonds is 10. The minimum atomic E-state index is -3.80. The highest BCUT2D eigenvalue weighted by molar-refractivity contribution is 7.89. The Morgan fingerprint density at radius 2 is 1.79 bits per heavy atom. The summed E-state index contributed by atoms with van der Waals surface area (Å²) in [5.74, 6) is 0.235. The van der Waals surface area contributed by atoms with Gasteiger partial charge < -0.3 is 4.74 Å². The van der Waals surface area contributed by atoms with E-state index in [1.807, 2.05) is 19.1 Å². The molecule has 1 N–H and O–H groups in total. The Labute approximate surface area is 196 Å². The van der Waals surface area contributed by atoms with Gasteiger partial charge in [0, 0.05) is 6.04 Å². The van der Waals surface area contributed by atoms with Gasteiger partial charge in [0.1, 0.15) is 12.4 Å². The van der Waals surface area contributed by atoms with Crippen molar-refractivity contribution >= 4 is 22.1 Å². The lowest BCUT2D eigenvalue weighted by Gasteiger charge is -2.32. The maximum Gasteiger partial charge on any atom is 0.255 e. The van der Waals surface area contributed by atoms with E-state index in [0.717, 1.165) is 43.2 Å². The summed E-state index contributed by atoms with van der Waals surface area (Å²) < 4.78 is 33.5. The summed E-state index contributed by atoms with van der Waals surface area (Å²) in [7, 11) is -3.80. The summed E-state index contributed by atoms with van der Waals surface area (Å²) >= 11 is 0. The van der Waals surface area contributed by atoms with Gasteiger partial charge in [0.05, 0.1) is 17.7 Å². The first-order valence-corrected chi connectivity index (χ1v) is 12.6. The van der Waals surface area contributed by atoms with Crippen LogP contribution in [0.25, 0.3) is 0 Å². The van der Waals surface area contributed by atoms with Gasteiger partial charge in [-0.3, -0.25) is 4.79 Å². The summed E-state index contributed by atoms with van der Waals surface area (Å²) in [5, 5.41) is 3.99. The number of sulfonamides is 1. The van der Waals surface area contributed by atoms with E-state index >= 15 is 0 Å². The van der Waals surface area contributed by atoms with Crippen molar-refractivity contribution in [2.24, 2.45) is 5.10 Å². The largest absolute Gasteiger partial charge is 0.490 e. The van der Waals surface area contributed by atoms with Crippen LogP contribution in [0.15, 0.2) is 71.2 Å². The number of hydrogen-bond donors (Lipinski definition) is 1. The third kappa shape index (κ3) is 7.00. The van der Waals surface area contributed by atoms with Crippen LogP contribution in [0, 0.1) is 6.92 Å². The Morgan fingerprint density at radius 3 is 2.42 bits per heavy atom. The molecule has 8 heteroatoms. The van der Waals surface area contributed by atoms with Crippen LogP contribution in [-0.4, -0.2) is 44.0 Å². The van der Waals surface area contributed by atoms with Gasteiger partial charge in [-0.15, -0.1) is 0 Å². The van der Waals surface area contributed by atoms with Crippen LogP contribution in [0.4, 0.5) is 0 Å². The molecular weight excluding hydrogens is 438 g/mol. The van der Waals surface area contributed by atoms with Crippen molar-refractivity contribution in [1.29, 1.82) is 0 Å². The molecule has 2 aromatic rings. The summed E-state index contributed by atoms with van der Waals surface area (Å²) in [4.78, 5) is 12.8. The molecule has 33 heavy (non-hydrogen) atoms. The van der Waals surface area contributed by atoms with E-state index in [4.69, 9.17) is 4.74 Å². The quantitative estimate of drug-likeness (QED) is 0.323. The maximum atomic E-state index is 13.4. The number of hydrogen-bond acceptors (Lipinski definition) is 5. The molecule has 0 bridgehead atoms. The lowest BCUT2D eigenvalue weighted by molar-refractivity contribution is -0.121. The summed E-state index contributed by atoms with van der Waals surface area (Å²) in [6.07, 6.45) is 7.68. The highest BCUT2D eigenvalue weighted by atomic mass is 32.2. The number of hydrazone groups is 1. The van der Waals surface area contributed by atoms with Gasteiger partial charge in [-0.05, 0) is 61.7 Å². The number of nitrogens with zero attached hydrogens (tertiary/aromatic N) is 2. The zero-order valence-corrected chi connectivity index (χ0v) is 19.8. The van der Waals surface area contributed by atoms with Crippen LogP contribution in [0.3, 0.4) is 0 Å². The molecule has 1 fully saturated rings. The molecule has 0 radical (unpaired) electrons. The van der Waals surface area contributed by atoms with E-state index in [9.17, 15) is 13.2 Å². The highest BCUT2D eigenvalue weighted by Gasteiger charge is 2.33. The summed E-state index contributed by atoms with van der Waals surface area (Å²) in [6.45, 7) is 5.67. The molecule has 176 valence electrons. The summed E-state index contributed by atoms with van der Waals surface area (Å²) in [5.41, 5.74) is 4.22. The zero-order valence-electron chi connectivity index (χ0n) is 18.9. The summed E-state index contributed by atoms with van der Waals surface area (Å²) in [6, 6.07) is 13.8. The molecule has 0 unspecified atom stereocenters. The molecule has 3 rings (SSSR count). The van der Waals surface area contributed by atoms with Crippen molar-refractivity contribution in [3.63, 3.8) is 0 Å². The molecule has 0 atom stereocenters. The minimum Gasteiger partial charge on any atom is -0.490 e. The first-order valence-electron chi connectivity index (χ1n) is 11.1. The van der Waals surface area contributed by atoms with Crippen LogP contribution in [-0.2, 0) is 14.8 Å². The Morgan fingerprint density at radius 1 is 1.12 bits per heavy atom. The van der Waals surface area contributed by atoms with E-state index in [2.05, 4.69) is 17.1 Å². The zero-order chi connectivity index (χ0) is 23.7. The van der Waals surface area contributed by atoms with Gasteiger partial charge in [-0.1, -0.05) is 49.6 Å². The van der Waals surface area contributed by atoms with Crippen LogP contribution in [0.1, 0.15) is 43.2 Å². The Hall–Kier alpha value is -2.97. The molecule has 0 aliphatic heterocycles. The molecule has 1 aliphatic rings. The monoisotopic (exact) mass is 469 g/mol. The number of nitrogens with one attached hydrogen (secondary N) is 1. The van der Waals surface area contributed by atoms with Crippen LogP contribution < -0.4 is 10.2 Å². The van der Waals surface area contributed by atoms with E-state index < -0.39 is 15.9 Å². The molecule has 1 aliphatic carbocycles. The molecule has 2 aromatic carbocycles. The van der Waals surface area contributed by atoms with Crippen molar-refractivity contribution in [3.8, 4) is 5.75 Å². The maximum absolute atomic E-state index is 13.4. The second kappa shape index (κ2) is 11.8. The predicted molar refractivity (Wildman–Crippen MR) is 130 cm³/mol. The average Bonchev–Trinajstić information content (AvgIpc) is 2.83. The van der Waals surface area contributed by atoms with E-state index in [1.165, 1.54) is 10.5 Å². The van der Waals surface area contributed by atoms with Gasteiger partial charge in [0.15, 0.2) is 0 Å². The topological polar surface area (TPSA) is 88.1 Å². The highest BCUT2D eigenvalue weighted by Crippen LogP contribution is 2.27. The number of benzene rings is 2. The van der Waals surface area contributed by atoms with E-state index in [1.54, 1.807) is 42.5 Å². The van der Waals surface area contributed by atoms with Gasteiger partial charge in [0.2, 0.25) is 10.0 Å². The molecule has 0 spiro atoms. The van der Waals surface area contributed by atoms with Gasteiger partial charge in [0.25, 0.3) is 5.91 Å². The molecule has 1 amide bonds. The number of aryl methyl sites for hydroxylation is 1. The van der Waals surface area contributed by atoms with Crippen molar-refractivity contribution < 1.29 is 17.9 Å². The molecular formula is C25H31N3O4S. The lowest BCUT2D eigenvalue weighted by atomic mass is 9.95. The van der Waals surface area contributed by atoms with Crippen molar-refractivity contribution in [1.82, 2.24) is 9.73 Å². The van der Waals surface area contributed by atoms with Crippen molar-refractivity contribution in [2.75, 3.05) is 13.2 Å². The molecule has 0 heterocycles. The van der Waals surface area contributed by atoms with Gasteiger partial charge in [-0.2, -0.15) is 9.41 Å². The fourth-order valence-corrected chi connectivity index (χ4v) is 5.43. The number of carbonyl (C=O) groups is 1. The Bertz CT molecular complexity index is 1060. The fraction of sp³-hybridized carbons (Fsp3) is 0.360. The molecule has 7 nitrogen and oxygen atoms in total. The predicted octanol–water partition coefficient (Wildman–Crippen LogP) is 4.03. The van der Waals surface area contributed by atoms with Crippen LogP contribution >= 0.6 is 0 Å². The second-order valence-corrected chi connectivity index (χ2v) is 10.0. The molecule has 1 saturated carbocycles. The van der Waals surface area contributed by atoms with Gasteiger partial charge >= 0.3 is 0 Å². The minimum absolute atomic E-state index is 0.192. The Balaban J connectivity index is 1.67. The standard InChI is InChI=1S/C25H31N3O4S/c1-3-17-32-23-13-11-21(12-14-23)18-26-27-25(29)19-28(22-7-5-4-6-8-22)33(30,31)24-15-9-20(2)10-16-24/h3,9-16,18,22H,1,4-8,17,19H2,2H3,(H,27,29). The first kappa shape index (κ1) is 24.7. The average molecular weight is 470 g/mol. The first-order chi connectivity index (χ1) is 15.9. The Kier molecular flexibility index (Phi) is 8.79. The van der Waals surface area contributed by atoms with Crippen molar-refractivity contribution in [3.05, 3.63) is 72.3 Å². The van der Waals surface area contributed by atoms with E-state index in [0.29, 0.717) is 12.4 Å². The smallest absolute Gasteiger partial charge is 0.255 e. The van der Waals surface area contributed by atoms with Crippen LogP contribution in [0.2, 0.25) is 0 Å². The van der Waals surface area contributed by atoms with Gasteiger partial charge in [-0.25, -0.2) is 13.8 Å².